The highest BCUT2D eigenvalue weighted by Crippen LogP contribution is 2.31. The second-order valence-corrected chi connectivity index (χ2v) is 6.90. The SMILES string of the molecule is CC(C)N1CC(N2CCC(NC(=O)SS)C(F)(F)C2)C1. The van der Waals surface area contributed by atoms with Crippen LogP contribution in [0.15, 0.2) is 0 Å². The molecule has 0 bridgehead atoms. The van der Waals surface area contributed by atoms with Crippen LogP contribution < -0.4 is 5.32 Å². The lowest BCUT2D eigenvalue weighted by atomic mass is 9.96. The quantitative estimate of drug-likeness (QED) is 0.615. The smallest absolute Gasteiger partial charge is 0.289 e. The van der Waals surface area contributed by atoms with Crippen LogP contribution in [0.25, 0.3) is 0 Å². The Kier molecular flexibility index (Phi) is 5.20. The maximum absolute atomic E-state index is 14.1. The van der Waals surface area contributed by atoms with E-state index in [1.54, 1.807) is 0 Å². The molecule has 0 aliphatic carbocycles. The van der Waals surface area contributed by atoms with Crippen LogP contribution in [-0.4, -0.2) is 65.3 Å². The summed E-state index contributed by atoms with van der Waals surface area (Å²) < 4.78 is 28.2. The van der Waals surface area contributed by atoms with E-state index in [1.807, 2.05) is 4.90 Å². The number of carbonyl (C=O) groups excluding carboxylic acids is 1. The van der Waals surface area contributed by atoms with Crippen molar-refractivity contribution in [2.45, 2.75) is 44.3 Å². The van der Waals surface area contributed by atoms with Gasteiger partial charge in [-0.15, -0.1) is 11.7 Å². The van der Waals surface area contributed by atoms with Crippen molar-refractivity contribution < 1.29 is 13.6 Å². The van der Waals surface area contributed by atoms with Gasteiger partial charge in [0.25, 0.3) is 11.2 Å². The summed E-state index contributed by atoms with van der Waals surface area (Å²) >= 11 is 3.72. The first-order valence-corrected chi connectivity index (χ1v) is 8.68. The molecule has 1 amide bonds. The molecule has 2 fully saturated rings. The predicted molar refractivity (Wildman–Crippen MR) is 80.5 cm³/mol. The number of piperidine rings is 1. The molecule has 4 nitrogen and oxygen atoms in total. The molecule has 20 heavy (non-hydrogen) atoms. The van der Waals surface area contributed by atoms with E-state index >= 15 is 0 Å². The zero-order valence-corrected chi connectivity index (χ0v) is 13.4. The number of alkyl halides is 2. The molecule has 8 heteroatoms. The minimum Gasteiger partial charge on any atom is -0.337 e. The van der Waals surface area contributed by atoms with Crippen molar-refractivity contribution in [3.63, 3.8) is 0 Å². The molecule has 116 valence electrons. The third kappa shape index (κ3) is 3.58. The minimum absolute atomic E-state index is 0.221. The second kappa shape index (κ2) is 6.37. The van der Waals surface area contributed by atoms with E-state index < -0.39 is 17.2 Å². The van der Waals surface area contributed by atoms with Crippen LogP contribution in [0.4, 0.5) is 13.6 Å². The van der Waals surface area contributed by atoms with Crippen LogP contribution in [-0.2, 0) is 0 Å². The minimum atomic E-state index is -2.88. The summed E-state index contributed by atoms with van der Waals surface area (Å²) in [5.74, 6) is -2.88. The third-order valence-electron chi connectivity index (χ3n) is 4.14. The number of rotatable bonds is 3. The predicted octanol–water partition coefficient (Wildman–Crippen LogP) is 2.08. The number of nitrogens with one attached hydrogen (secondary N) is 1. The first kappa shape index (κ1) is 16.3. The van der Waals surface area contributed by atoms with E-state index in [1.165, 1.54) is 0 Å². The maximum Gasteiger partial charge on any atom is 0.289 e. The molecule has 2 aliphatic heterocycles. The molecule has 0 aromatic rings. The van der Waals surface area contributed by atoms with Crippen LogP contribution >= 0.6 is 22.5 Å². The zero-order valence-electron chi connectivity index (χ0n) is 11.7. The van der Waals surface area contributed by atoms with Gasteiger partial charge in [0.05, 0.1) is 12.6 Å². The van der Waals surface area contributed by atoms with E-state index in [9.17, 15) is 13.6 Å². The molecule has 0 spiro atoms. The highest BCUT2D eigenvalue weighted by molar-refractivity contribution is 8.74. The van der Waals surface area contributed by atoms with Gasteiger partial charge < -0.3 is 5.32 Å². The molecular formula is C12H21F2N3OS2. The van der Waals surface area contributed by atoms with Gasteiger partial charge in [0.2, 0.25) is 0 Å². The van der Waals surface area contributed by atoms with Gasteiger partial charge in [0.1, 0.15) is 0 Å². The van der Waals surface area contributed by atoms with Crippen molar-refractivity contribution >= 4 is 27.7 Å². The van der Waals surface area contributed by atoms with Gasteiger partial charge in [-0.1, -0.05) is 0 Å². The fraction of sp³-hybridized carbons (Fsp3) is 0.917. The standard InChI is InChI=1S/C12H21F2N3OS2/c1-8(2)17-5-9(6-17)16-4-3-10(12(13,14)7-16)15-11(18)20-19/h8-10,19H,3-7H2,1-2H3,(H,15,18). The summed E-state index contributed by atoms with van der Waals surface area (Å²) in [5, 5.41) is 1.83. The molecule has 0 aromatic heterocycles. The van der Waals surface area contributed by atoms with Crippen LogP contribution in [0.1, 0.15) is 20.3 Å². The highest BCUT2D eigenvalue weighted by Gasteiger charge is 2.48. The van der Waals surface area contributed by atoms with Gasteiger partial charge >= 0.3 is 0 Å². The number of amides is 1. The van der Waals surface area contributed by atoms with E-state index in [-0.39, 0.29) is 19.0 Å². The number of nitrogens with zero attached hydrogens (tertiary/aromatic N) is 2. The summed E-state index contributed by atoms with van der Waals surface area (Å²) in [7, 11) is 0.636. The van der Waals surface area contributed by atoms with Gasteiger partial charge in [-0.2, -0.15) is 0 Å². The van der Waals surface area contributed by atoms with Gasteiger partial charge in [-0.05, 0) is 20.3 Å². The Morgan fingerprint density at radius 3 is 2.60 bits per heavy atom. The van der Waals surface area contributed by atoms with E-state index in [2.05, 4.69) is 35.7 Å². The number of halogens is 2. The van der Waals surface area contributed by atoms with Crippen LogP contribution in [0.5, 0.6) is 0 Å². The summed E-state index contributed by atoms with van der Waals surface area (Å²) in [6.45, 7) is 6.28. The number of hydrogen-bond donors (Lipinski definition) is 2. The molecule has 2 aliphatic rings. The molecule has 2 heterocycles. The van der Waals surface area contributed by atoms with Gasteiger partial charge in [-0.3, -0.25) is 14.6 Å². The molecule has 0 aromatic carbocycles. The summed E-state index contributed by atoms with van der Waals surface area (Å²) in [6.07, 6.45) is 0.283. The normalized spacial score (nSPS) is 28.4. The largest absolute Gasteiger partial charge is 0.337 e. The van der Waals surface area contributed by atoms with E-state index in [4.69, 9.17) is 0 Å². The molecule has 2 rings (SSSR count). The van der Waals surface area contributed by atoms with Crippen molar-refractivity contribution in [3.8, 4) is 0 Å². The van der Waals surface area contributed by atoms with Crippen molar-refractivity contribution in [3.05, 3.63) is 0 Å². The Bertz CT molecular complexity index is 365. The lowest BCUT2D eigenvalue weighted by Crippen LogP contribution is -2.67. The van der Waals surface area contributed by atoms with Crippen molar-refractivity contribution in [1.29, 1.82) is 0 Å². The fourth-order valence-corrected chi connectivity index (χ4v) is 3.12. The molecule has 0 saturated carbocycles. The Hall–Kier alpha value is -0.0500. The third-order valence-corrected chi connectivity index (χ3v) is 4.92. The van der Waals surface area contributed by atoms with Crippen molar-refractivity contribution in [2.24, 2.45) is 0 Å². The Morgan fingerprint density at radius 1 is 1.45 bits per heavy atom. The number of carbonyl (C=O) groups is 1. The van der Waals surface area contributed by atoms with Gasteiger partial charge in [0, 0.05) is 42.5 Å². The average molecular weight is 325 g/mol. The van der Waals surface area contributed by atoms with Crippen LogP contribution in [0.3, 0.4) is 0 Å². The van der Waals surface area contributed by atoms with Crippen LogP contribution in [0, 0.1) is 0 Å². The van der Waals surface area contributed by atoms with Crippen molar-refractivity contribution in [2.75, 3.05) is 26.2 Å². The molecule has 2 saturated heterocycles. The highest BCUT2D eigenvalue weighted by atomic mass is 33.1. The summed E-state index contributed by atoms with van der Waals surface area (Å²) in [5.41, 5.74) is 0. The second-order valence-electron chi connectivity index (χ2n) is 5.80. The molecule has 0 radical (unpaired) electrons. The Morgan fingerprint density at radius 2 is 2.10 bits per heavy atom. The lowest BCUT2D eigenvalue weighted by Gasteiger charge is -2.50. The van der Waals surface area contributed by atoms with Gasteiger partial charge in [0.15, 0.2) is 0 Å². The lowest BCUT2D eigenvalue weighted by molar-refractivity contribution is -0.115. The monoisotopic (exact) mass is 325 g/mol. The fourth-order valence-electron chi connectivity index (χ4n) is 2.76. The first-order chi connectivity index (χ1) is 9.33. The Labute approximate surface area is 127 Å². The first-order valence-electron chi connectivity index (χ1n) is 6.81. The Balaban J connectivity index is 1.86. The number of thiol groups is 1. The maximum atomic E-state index is 14.1. The van der Waals surface area contributed by atoms with E-state index in [0.717, 1.165) is 13.1 Å². The topological polar surface area (TPSA) is 35.6 Å². The molecule has 1 unspecified atom stereocenters. The van der Waals surface area contributed by atoms with Crippen molar-refractivity contribution in [1.82, 2.24) is 15.1 Å². The number of likely N-dealkylation sites (tertiary alicyclic amines) is 2. The summed E-state index contributed by atoms with van der Waals surface area (Å²) in [4.78, 5) is 15.3. The summed E-state index contributed by atoms with van der Waals surface area (Å²) in [6, 6.07) is -0.387. The van der Waals surface area contributed by atoms with Crippen LogP contribution in [0.2, 0.25) is 0 Å². The van der Waals surface area contributed by atoms with E-state index in [0.29, 0.717) is 23.4 Å². The number of hydrogen-bond acceptors (Lipinski definition) is 5. The van der Waals surface area contributed by atoms with Gasteiger partial charge in [-0.25, -0.2) is 8.78 Å². The molecule has 1 N–H and O–H groups in total. The zero-order chi connectivity index (χ0) is 14.9. The molecular weight excluding hydrogens is 304 g/mol. The average Bonchev–Trinajstić information content (AvgIpc) is 2.29. The molecule has 1 atom stereocenters.